The summed E-state index contributed by atoms with van der Waals surface area (Å²) in [7, 11) is 0. The molecule has 0 spiro atoms. The van der Waals surface area contributed by atoms with Crippen LogP contribution in [0.4, 0.5) is 5.69 Å². The number of nitrogens with two attached hydrogens (primary N) is 1. The Kier molecular flexibility index (Phi) is 4.58. The van der Waals surface area contributed by atoms with Crippen LogP contribution in [0.1, 0.15) is 32.0 Å². The molecule has 0 saturated heterocycles. The van der Waals surface area contributed by atoms with Crippen molar-refractivity contribution in [2.45, 2.75) is 33.1 Å². The van der Waals surface area contributed by atoms with Crippen LogP contribution in [-0.2, 0) is 5.41 Å². The molecule has 4 nitrogen and oxygen atoms in total. The zero-order valence-electron chi connectivity index (χ0n) is 13.3. The van der Waals surface area contributed by atoms with Crippen LogP contribution in [0.3, 0.4) is 0 Å². The maximum absolute atomic E-state index is 5.57. The van der Waals surface area contributed by atoms with Crippen molar-refractivity contribution in [2.75, 3.05) is 18.4 Å². The molecule has 4 heteroatoms. The van der Waals surface area contributed by atoms with Crippen LogP contribution in [0.15, 0.2) is 30.5 Å². The van der Waals surface area contributed by atoms with Gasteiger partial charge in [-0.3, -0.25) is 0 Å². The lowest BCUT2D eigenvalue weighted by molar-refractivity contribution is 0.569. The third-order valence-corrected chi connectivity index (χ3v) is 3.24. The van der Waals surface area contributed by atoms with Crippen molar-refractivity contribution in [1.29, 1.82) is 0 Å². The van der Waals surface area contributed by atoms with Gasteiger partial charge in [-0.1, -0.05) is 44.5 Å². The summed E-state index contributed by atoms with van der Waals surface area (Å²) in [5.74, 6) is 0.766. The van der Waals surface area contributed by atoms with Crippen LogP contribution in [0, 0.1) is 6.92 Å². The first-order chi connectivity index (χ1) is 9.91. The lowest BCUT2D eigenvalue weighted by Gasteiger charge is -2.22. The Labute approximate surface area is 126 Å². The van der Waals surface area contributed by atoms with Gasteiger partial charge in [-0.05, 0) is 13.0 Å². The van der Waals surface area contributed by atoms with Gasteiger partial charge in [0.25, 0.3) is 0 Å². The molecule has 0 aliphatic rings. The van der Waals surface area contributed by atoms with E-state index in [-0.39, 0.29) is 5.41 Å². The van der Waals surface area contributed by atoms with Gasteiger partial charge in [0, 0.05) is 24.1 Å². The molecular formula is C17H24N4. The van der Waals surface area contributed by atoms with Crippen LogP contribution in [0.25, 0.3) is 11.4 Å². The van der Waals surface area contributed by atoms with E-state index in [0.717, 1.165) is 29.3 Å². The summed E-state index contributed by atoms with van der Waals surface area (Å²) in [4.78, 5) is 9.30. The predicted octanol–water partition coefficient (Wildman–Crippen LogP) is 3.12. The van der Waals surface area contributed by atoms with Crippen LogP contribution in [0.5, 0.6) is 0 Å². The van der Waals surface area contributed by atoms with Crippen molar-refractivity contribution < 1.29 is 0 Å². The maximum atomic E-state index is 5.57. The molecule has 1 aromatic heterocycles. The average Bonchev–Trinajstić information content (AvgIpc) is 2.44. The standard InChI is InChI=1S/C17H24N4/c1-12-6-5-7-13(10-12)16-20-11-14(19-9-8-18)15(21-16)17(2,3)4/h5-7,10-11,19H,8-9,18H2,1-4H3. The third-order valence-electron chi connectivity index (χ3n) is 3.24. The van der Waals surface area contributed by atoms with Gasteiger partial charge in [0.05, 0.1) is 17.6 Å². The first-order valence-corrected chi connectivity index (χ1v) is 7.30. The van der Waals surface area contributed by atoms with Crippen molar-refractivity contribution in [2.24, 2.45) is 5.73 Å². The molecule has 1 heterocycles. The number of nitrogens with zero attached hydrogens (tertiary/aromatic N) is 2. The quantitative estimate of drug-likeness (QED) is 0.905. The Morgan fingerprint density at radius 3 is 2.62 bits per heavy atom. The number of aryl methyl sites for hydroxylation is 1. The molecule has 0 aliphatic carbocycles. The van der Waals surface area contributed by atoms with Crippen LogP contribution < -0.4 is 11.1 Å². The van der Waals surface area contributed by atoms with E-state index in [9.17, 15) is 0 Å². The summed E-state index contributed by atoms with van der Waals surface area (Å²) in [5.41, 5.74) is 9.75. The molecule has 0 aliphatic heterocycles. The largest absolute Gasteiger partial charge is 0.381 e. The Balaban J connectivity index is 2.46. The van der Waals surface area contributed by atoms with Crippen molar-refractivity contribution in [3.63, 3.8) is 0 Å². The fourth-order valence-electron chi connectivity index (χ4n) is 2.21. The Morgan fingerprint density at radius 1 is 1.24 bits per heavy atom. The summed E-state index contributed by atoms with van der Waals surface area (Å²) in [6.07, 6.45) is 1.86. The summed E-state index contributed by atoms with van der Waals surface area (Å²) < 4.78 is 0. The van der Waals surface area contributed by atoms with E-state index in [1.54, 1.807) is 0 Å². The van der Waals surface area contributed by atoms with E-state index in [4.69, 9.17) is 10.7 Å². The zero-order valence-corrected chi connectivity index (χ0v) is 13.3. The van der Waals surface area contributed by atoms with Crippen LogP contribution in [0.2, 0.25) is 0 Å². The predicted molar refractivity (Wildman–Crippen MR) is 88.4 cm³/mol. The molecule has 0 saturated carbocycles. The molecule has 0 atom stereocenters. The van der Waals surface area contributed by atoms with Gasteiger partial charge in [-0.2, -0.15) is 0 Å². The molecule has 3 N–H and O–H groups in total. The highest BCUT2D eigenvalue weighted by molar-refractivity contribution is 5.60. The van der Waals surface area contributed by atoms with Crippen molar-refractivity contribution in [3.8, 4) is 11.4 Å². The van der Waals surface area contributed by atoms with Crippen LogP contribution >= 0.6 is 0 Å². The summed E-state index contributed by atoms with van der Waals surface area (Å²) in [6, 6.07) is 8.26. The molecule has 0 radical (unpaired) electrons. The monoisotopic (exact) mass is 284 g/mol. The molecule has 21 heavy (non-hydrogen) atoms. The summed E-state index contributed by atoms with van der Waals surface area (Å²) >= 11 is 0. The van der Waals surface area contributed by atoms with E-state index < -0.39 is 0 Å². The fraction of sp³-hybridized carbons (Fsp3) is 0.412. The molecule has 2 aromatic rings. The molecule has 0 fully saturated rings. The lowest BCUT2D eigenvalue weighted by atomic mass is 9.90. The highest BCUT2D eigenvalue weighted by Crippen LogP contribution is 2.29. The second kappa shape index (κ2) is 6.22. The number of anilines is 1. The number of rotatable bonds is 4. The van der Waals surface area contributed by atoms with Gasteiger partial charge in [0.1, 0.15) is 0 Å². The van der Waals surface area contributed by atoms with Gasteiger partial charge in [0.15, 0.2) is 5.82 Å². The molecule has 0 bridgehead atoms. The Bertz CT molecular complexity index is 614. The summed E-state index contributed by atoms with van der Waals surface area (Å²) in [6.45, 7) is 9.85. The Hall–Kier alpha value is -1.94. The fourth-order valence-corrected chi connectivity index (χ4v) is 2.21. The zero-order chi connectivity index (χ0) is 15.5. The number of benzene rings is 1. The highest BCUT2D eigenvalue weighted by atomic mass is 15.0. The molecule has 1 aromatic carbocycles. The summed E-state index contributed by atoms with van der Waals surface area (Å²) in [5, 5.41) is 3.31. The highest BCUT2D eigenvalue weighted by Gasteiger charge is 2.21. The molecule has 112 valence electrons. The first kappa shape index (κ1) is 15.4. The second-order valence-electron chi connectivity index (χ2n) is 6.29. The van der Waals surface area contributed by atoms with E-state index in [1.807, 2.05) is 18.3 Å². The smallest absolute Gasteiger partial charge is 0.159 e. The van der Waals surface area contributed by atoms with Crippen molar-refractivity contribution in [1.82, 2.24) is 9.97 Å². The Morgan fingerprint density at radius 2 is 2.00 bits per heavy atom. The van der Waals surface area contributed by atoms with Crippen molar-refractivity contribution in [3.05, 3.63) is 41.7 Å². The molecule has 2 rings (SSSR count). The van der Waals surface area contributed by atoms with Crippen LogP contribution in [-0.4, -0.2) is 23.1 Å². The number of hydrogen-bond donors (Lipinski definition) is 2. The normalized spacial score (nSPS) is 11.5. The van der Waals surface area contributed by atoms with Crippen molar-refractivity contribution >= 4 is 5.69 Å². The minimum absolute atomic E-state index is 0.0571. The SMILES string of the molecule is Cc1cccc(-c2ncc(NCCN)c(C(C)(C)C)n2)c1. The number of hydrogen-bond acceptors (Lipinski definition) is 4. The maximum Gasteiger partial charge on any atom is 0.159 e. The molecule has 0 unspecified atom stereocenters. The number of aromatic nitrogens is 2. The molecular weight excluding hydrogens is 260 g/mol. The average molecular weight is 284 g/mol. The molecule has 0 amide bonds. The van der Waals surface area contributed by atoms with Gasteiger partial charge in [-0.15, -0.1) is 0 Å². The van der Waals surface area contributed by atoms with E-state index in [1.165, 1.54) is 5.56 Å². The lowest BCUT2D eigenvalue weighted by Crippen LogP contribution is -2.21. The second-order valence-corrected chi connectivity index (χ2v) is 6.29. The van der Waals surface area contributed by atoms with Gasteiger partial charge in [-0.25, -0.2) is 9.97 Å². The van der Waals surface area contributed by atoms with Gasteiger partial charge < -0.3 is 11.1 Å². The minimum atomic E-state index is -0.0571. The minimum Gasteiger partial charge on any atom is -0.381 e. The third kappa shape index (κ3) is 3.79. The van der Waals surface area contributed by atoms with Gasteiger partial charge >= 0.3 is 0 Å². The number of nitrogens with one attached hydrogen (secondary N) is 1. The van der Waals surface area contributed by atoms with E-state index in [2.05, 4.69) is 50.1 Å². The first-order valence-electron chi connectivity index (χ1n) is 7.30. The van der Waals surface area contributed by atoms with E-state index >= 15 is 0 Å². The topological polar surface area (TPSA) is 63.8 Å². The van der Waals surface area contributed by atoms with E-state index in [0.29, 0.717) is 6.54 Å². The van der Waals surface area contributed by atoms with Gasteiger partial charge in [0.2, 0.25) is 0 Å².